The Balaban J connectivity index is 0.000000367. The zero-order chi connectivity index (χ0) is 12.8. The van der Waals surface area contributed by atoms with E-state index in [0.29, 0.717) is 0 Å². The number of hydrogen-bond acceptors (Lipinski definition) is 2. The first-order chi connectivity index (χ1) is 8.83. The maximum atomic E-state index is 8.36. The van der Waals surface area contributed by atoms with Crippen molar-refractivity contribution in [3.63, 3.8) is 0 Å². The van der Waals surface area contributed by atoms with Gasteiger partial charge in [-0.3, -0.25) is 4.79 Å². The lowest BCUT2D eigenvalue weighted by Gasteiger charge is -2.09. The van der Waals surface area contributed by atoms with Crippen LogP contribution in [0.25, 0.3) is 0 Å². The summed E-state index contributed by atoms with van der Waals surface area (Å²) < 4.78 is 0. The highest BCUT2D eigenvalue weighted by molar-refractivity contribution is 5.32. The summed E-state index contributed by atoms with van der Waals surface area (Å²) in [5.41, 5.74) is 3.13. The van der Waals surface area contributed by atoms with Crippen LogP contribution in [0.2, 0.25) is 0 Å². The first kappa shape index (κ1) is 13.1. The molecular weight excluding hydrogens is 226 g/mol. The fraction of sp³-hybridized carbons (Fsp3) is 0.533. The zero-order valence-electron chi connectivity index (χ0n) is 10.6. The van der Waals surface area contributed by atoms with Crippen LogP contribution < -0.4 is 5.32 Å². The molecule has 0 radical (unpaired) electrons. The summed E-state index contributed by atoms with van der Waals surface area (Å²) in [6, 6.07) is 9.28. The van der Waals surface area contributed by atoms with Crippen molar-refractivity contribution in [1.82, 2.24) is 5.32 Å². The van der Waals surface area contributed by atoms with E-state index in [9.17, 15) is 0 Å². The van der Waals surface area contributed by atoms with Gasteiger partial charge in [-0.15, -0.1) is 0 Å². The van der Waals surface area contributed by atoms with Gasteiger partial charge < -0.3 is 10.4 Å². The van der Waals surface area contributed by atoms with Crippen molar-refractivity contribution < 1.29 is 9.90 Å². The molecule has 0 bridgehead atoms. The molecule has 1 atom stereocenters. The smallest absolute Gasteiger partial charge is 0.290 e. The van der Waals surface area contributed by atoms with Gasteiger partial charge in [-0.05, 0) is 61.7 Å². The molecule has 1 unspecified atom stereocenters. The second-order valence-corrected chi connectivity index (χ2v) is 5.19. The molecule has 1 aliphatic carbocycles. The van der Waals surface area contributed by atoms with Crippen LogP contribution in [0.15, 0.2) is 24.3 Å². The fourth-order valence-corrected chi connectivity index (χ4v) is 2.61. The van der Waals surface area contributed by atoms with Gasteiger partial charge in [-0.25, -0.2) is 0 Å². The number of rotatable bonds is 3. The Morgan fingerprint density at radius 1 is 1.33 bits per heavy atom. The van der Waals surface area contributed by atoms with E-state index in [1.165, 1.54) is 38.8 Å². The second kappa shape index (κ2) is 6.55. The van der Waals surface area contributed by atoms with Gasteiger partial charge in [0.2, 0.25) is 0 Å². The van der Waals surface area contributed by atoms with Crippen LogP contribution in [-0.4, -0.2) is 24.7 Å². The van der Waals surface area contributed by atoms with Crippen molar-refractivity contribution in [3.05, 3.63) is 35.4 Å². The maximum absolute atomic E-state index is 8.36. The van der Waals surface area contributed by atoms with E-state index >= 15 is 0 Å². The van der Waals surface area contributed by atoms with E-state index in [1.54, 1.807) is 11.1 Å². The summed E-state index contributed by atoms with van der Waals surface area (Å²) in [5.74, 6) is 1.77. The van der Waals surface area contributed by atoms with E-state index in [0.717, 1.165) is 11.8 Å². The molecule has 98 valence electrons. The molecule has 3 nitrogen and oxygen atoms in total. The van der Waals surface area contributed by atoms with E-state index < -0.39 is 0 Å². The molecule has 2 aliphatic rings. The van der Waals surface area contributed by atoms with Gasteiger partial charge in [-0.2, -0.15) is 0 Å². The average Bonchev–Trinajstić information content (AvgIpc) is 3.11. The lowest BCUT2D eigenvalue weighted by molar-refractivity contribution is -0.122. The topological polar surface area (TPSA) is 49.3 Å². The lowest BCUT2D eigenvalue weighted by atomic mass is 9.96. The number of carboxylic acid groups (broad SMARTS) is 1. The van der Waals surface area contributed by atoms with Crippen molar-refractivity contribution in [3.8, 4) is 0 Å². The molecule has 1 aliphatic heterocycles. The zero-order valence-corrected chi connectivity index (χ0v) is 10.6. The van der Waals surface area contributed by atoms with Crippen LogP contribution in [0.4, 0.5) is 0 Å². The molecule has 0 aromatic heterocycles. The van der Waals surface area contributed by atoms with Gasteiger partial charge in [0.1, 0.15) is 0 Å². The van der Waals surface area contributed by atoms with E-state index in [2.05, 4.69) is 29.6 Å². The fourth-order valence-electron chi connectivity index (χ4n) is 2.61. The molecule has 1 aromatic rings. The van der Waals surface area contributed by atoms with Crippen LogP contribution in [0.5, 0.6) is 0 Å². The average molecular weight is 247 g/mol. The summed E-state index contributed by atoms with van der Waals surface area (Å²) in [6.45, 7) is 2.18. The summed E-state index contributed by atoms with van der Waals surface area (Å²) in [7, 11) is 0. The van der Waals surface area contributed by atoms with Crippen LogP contribution in [0, 0.1) is 5.92 Å². The van der Waals surface area contributed by atoms with Crippen LogP contribution in [0.3, 0.4) is 0 Å². The van der Waals surface area contributed by atoms with E-state index in [4.69, 9.17) is 9.90 Å². The summed E-state index contributed by atoms with van der Waals surface area (Å²) in [6.07, 6.45) is 5.45. The monoisotopic (exact) mass is 247 g/mol. The van der Waals surface area contributed by atoms with Gasteiger partial charge in [0.15, 0.2) is 0 Å². The molecule has 1 aromatic carbocycles. The number of benzene rings is 1. The van der Waals surface area contributed by atoms with Gasteiger partial charge >= 0.3 is 0 Å². The number of hydrogen-bond donors (Lipinski definition) is 2. The summed E-state index contributed by atoms with van der Waals surface area (Å²) in [4.78, 5) is 8.36. The molecule has 18 heavy (non-hydrogen) atoms. The Kier molecular flexibility index (Phi) is 4.76. The summed E-state index contributed by atoms with van der Waals surface area (Å²) >= 11 is 0. The number of nitrogens with one attached hydrogen (secondary N) is 1. The lowest BCUT2D eigenvalue weighted by Crippen LogP contribution is -2.10. The normalized spacial score (nSPS) is 22.1. The minimum atomic E-state index is -0.250. The molecule has 1 saturated carbocycles. The third-order valence-corrected chi connectivity index (χ3v) is 3.69. The molecule has 3 heteroatoms. The number of carbonyl (C=O) groups is 1. The van der Waals surface area contributed by atoms with Crippen molar-refractivity contribution in [1.29, 1.82) is 0 Å². The van der Waals surface area contributed by atoms with Gasteiger partial charge in [0.25, 0.3) is 6.47 Å². The minimum absolute atomic E-state index is 0.250. The second-order valence-electron chi connectivity index (χ2n) is 5.19. The van der Waals surface area contributed by atoms with Gasteiger partial charge in [0, 0.05) is 0 Å². The first-order valence-corrected chi connectivity index (χ1v) is 6.71. The molecule has 1 heterocycles. The third kappa shape index (κ3) is 3.84. The Morgan fingerprint density at radius 3 is 2.72 bits per heavy atom. The largest absolute Gasteiger partial charge is 0.483 e. The molecule has 1 saturated heterocycles. The highest BCUT2D eigenvalue weighted by Gasteiger charge is 2.23. The molecule has 2 fully saturated rings. The molecule has 0 spiro atoms. The van der Waals surface area contributed by atoms with E-state index in [1.807, 2.05) is 0 Å². The highest BCUT2D eigenvalue weighted by atomic mass is 16.3. The Hall–Kier alpha value is -1.35. The van der Waals surface area contributed by atoms with Crippen molar-refractivity contribution in [2.75, 3.05) is 13.1 Å². The highest BCUT2D eigenvalue weighted by Crippen LogP contribution is 2.40. The van der Waals surface area contributed by atoms with Gasteiger partial charge in [0.05, 0.1) is 0 Å². The predicted octanol–water partition coefficient (Wildman–Crippen LogP) is 2.42. The molecule has 3 rings (SSSR count). The van der Waals surface area contributed by atoms with Crippen molar-refractivity contribution in [2.45, 2.75) is 31.6 Å². The van der Waals surface area contributed by atoms with Crippen LogP contribution in [-0.2, 0) is 11.2 Å². The Morgan fingerprint density at radius 2 is 2.11 bits per heavy atom. The molecular formula is C15H21NO2. The van der Waals surface area contributed by atoms with Crippen LogP contribution >= 0.6 is 0 Å². The SMILES string of the molecule is O=CO.c1cc(CC2CCNC2)cc(C2CC2)c1. The predicted molar refractivity (Wildman–Crippen MR) is 71.8 cm³/mol. The Labute approximate surface area is 108 Å². The van der Waals surface area contributed by atoms with Crippen molar-refractivity contribution >= 4 is 6.47 Å². The van der Waals surface area contributed by atoms with Crippen molar-refractivity contribution in [2.24, 2.45) is 5.92 Å². The first-order valence-electron chi connectivity index (χ1n) is 6.71. The van der Waals surface area contributed by atoms with E-state index in [-0.39, 0.29) is 6.47 Å². The molecule has 2 N–H and O–H groups in total. The summed E-state index contributed by atoms with van der Waals surface area (Å²) in [5, 5.41) is 10.3. The maximum Gasteiger partial charge on any atom is 0.290 e. The molecule has 0 amide bonds. The third-order valence-electron chi connectivity index (χ3n) is 3.69. The Bertz CT molecular complexity index is 382. The quantitative estimate of drug-likeness (QED) is 0.806. The van der Waals surface area contributed by atoms with Crippen LogP contribution in [0.1, 0.15) is 36.3 Å². The minimum Gasteiger partial charge on any atom is -0.483 e. The van der Waals surface area contributed by atoms with Gasteiger partial charge in [-0.1, -0.05) is 24.3 Å². The standard InChI is InChI=1S/C14H19N.CH2O2/c1-2-11(8-12-6-7-15-10-12)9-14(3-1)13-4-5-13;2-1-3/h1-3,9,12-13,15H,4-8,10H2;1H,(H,2,3).